The Morgan fingerprint density at radius 3 is 2.77 bits per heavy atom. The Morgan fingerprint density at radius 2 is 2.04 bits per heavy atom. The summed E-state index contributed by atoms with van der Waals surface area (Å²) in [6, 6.07) is 12.7. The molecule has 0 bridgehead atoms. The maximum absolute atomic E-state index is 5.71. The lowest BCUT2D eigenvalue weighted by molar-refractivity contribution is 0.398. The summed E-state index contributed by atoms with van der Waals surface area (Å²) in [7, 11) is 1.65. The number of nitrogens with one attached hydrogen (secondary N) is 1. The highest BCUT2D eigenvalue weighted by molar-refractivity contribution is 5.90. The highest BCUT2D eigenvalue weighted by Gasteiger charge is 2.16. The number of rotatable bonds is 8. The summed E-state index contributed by atoms with van der Waals surface area (Å²) in [6.45, 7) is 5.25. The van der Waals surface area contributed by atoms with Crippen molar-refractivity contribution in [3.63, 3.8) is 0 Å². The fourth-order valence-electron chi connectivity index (χ4n) is 3.40. The number of methoxy groups -OCH3 is 1. The van der Waals surface area contributed by atoms with Crippen LogP contribution in [0.25, 0.3) is 22.3 Å². The van der Waals surface area contributed by atoms with Gasteiger partial charge in [0.25, 0.3) is 0 Å². The zero-order valence-corrected chi connectivity index (χ0v) is 16.0. The largest absolute Gasteiger partial charge is 0.481 e. The normalized spacial score (nSPS) is 12.5. The van der Waals surface area contributed by atoms with Gasteiger partial charge in [-0.15, -0.1) is 0 Å². The van der Waals surface area contributed by atoms with Crippen molar-refractivity contribution < 1.29 is 4.74 Å². The second kappa shape index (κ2) is 8.37. The number of nitrogens with zero attached hydrogens (tertiary/aromatic N) is 1. The summed E-state index contributed by atoms with van der Waals surface area (Å²) in [6.07, 6.45) is 4.24. The van der Waals surface area contributed by atoms with Crippen LogP contribution in [0.1, 0.15) is 50.2 Å². The minimum Gasteiger partial charge on any atom is -0.481 e. The molecule has 0 saturated carbocycles. The summed E-state index contributed by atoms with van der Waals surface area (Å²) < 4.78 is 5.31. The van der Waals surface area contributed by atoms with Gasteiger partial charge in [0.05, 0.1) is 18.5 Å². The first-order chi connectivity index (χ1) is 12.7. The van der Waals surface area contributed by atoms with Gasteiger partial charge in [0.1, 0.15) is 0 Å². The molecular weight excluding hydrogens is 322 g/mol. The minimum absolute atomic E-state index is 0.560. The van der Waals surface area contributed by atoms with Gasteiger partial charge in [-0.25, -0.2) is 4.98 Å². The first-order valence-corrected chi connectivity index (χ1v) is 9.53. The van der Waals surface area contributed by atoms with Crippen molar-refractivity contribution in [2.45, 2.75) is 45.4 Å². The van der Waals surface area contributed by atoms with E-state index in [0.717, 1.165) is 43.6 Å². The van der Waals surface area contributed by atoms with E-state index in [4.69, 9.17) is 10.5 Å². The van der Waals surface area contributed by atoms with E-state index in [1.54, 1.807) is 7.11 Å². The number of aromatic amines is 1. The molecule has 0 saturated heterocycles. The molecule has 0 amide bonds. The smallest absolute Gasteiger partial charge is 0.213 e. The van der Waals surface area contributed by atoms with Gasteiger partial charge in [0.15, 0.2) is 0 Å². The molecule has 2 aromatic heterocycles. The van der Waals surface area contributed by atoms with E-state index < -0.39 is 0 Å². The van der Waals surface area contributed by atoms with Crippen LogP contribution in [0, 0.1) is 0 Å². The van der Waals surface area contributed by atoms with E-state index in [2.05, 4.69) is 42.0 Å². The van der Waals surface area contributed by atoms with Crippen molar-refractivity contribution in [1.29, 1.82) is 0 Å². The first-order valence-electron chi connectivity index (χ1n) is 9.53. The number of aromatic nitrogens is 2. The number of ether oxygens (including phenoxy) is 1. The van der Waals surface area contributed by atoms with E-state index in [0.29, 0.717) is 11.8 Å². The number of hydrogen-bond donors (Lipinski definition) is 2. The summed E-state index contributed by atoms with van der Waals surface area (Å²) in [4.78, 5) is 8.23. The van der Waals surface area contributed by atoms with Gasteiger partial charge in [-0.1, -0.05) is 26.0 Å². The number of benzene rings is 1. The molecule has 0 radical (unpaired) electrons. The lowest BCUT2D eigenvalue weighted by atomic mass is 9.95. The van der Waals surface area contributed by atoms with E-state index in [1.807, 2.05) is 18.2 Å². The van der Waals surface area contributed by atoms with E-state index in [1.165, 1.54) is 22.0 Å². The molecular formula is C22H29N3O. The standard InChI is InChI=1S/C22H29N3O/c1-4-15(2)16-11-12-19-18(14-16)17(8-5-6-13-23)22(25-19)20-9-7-10-21(24-20)26-3/h7,9-12,14-15,25H,4-6,8,13,23H2,1-3H3. The van der Waals surface area contributed by atoms with Gasteiger partial charge in [-0.2, -0.15) is 0 Å². The predicted octanol–water partition coefficient (Wildman–Crippen LogP) is 5.03. The molecule has 4 heteroatoms. The Bertz CT molecular complexity index is 869. The third-order valence-electron chi connectivity index (χ3n) is 5.18. The van der Waals surface area contributed by atoms with Gasteiger partial charge < -0.3 is 15.5 Å². The minimum atomic E-state index is 0.560. The number of unbranched alkanes of at least 4 members (excludes halogenated alkanes) is 1. The molecule has 0 aliphatic heterocycles. The van der Waals surface area contributed by atoms with Crippen LogP contribution in [0.15, 0.2) is 36.4 Å². The van der Waals surface area contributed by atoms with Crippen molar-refractivity contribution in [3.05, 3.63) is 47.5 Å². The number of fused-ring (bicyclic) bond motifs is 1. The van der Waals surface area contributed by atoms with Crippen LogP contribution in [0.3, 0.4) is 0 Å². The second-order valence-electron chi connectivity index (χ2n) is 6.90. The lowest BCUT2D eigenvalue weighted by Crippen LogP contribution is -2.00. The number of hydrogen-bond acceptors (Lipinski definition) is 3. The fourth-order valence-corrected chi connectivity index (χ4v) is 3.40. The van der Waals surface area contributed by atoms with E-state index >= 15 is 0 Å². The highest BCUT2D eigenvalue weighted by Crippen LogP contribution is 2.33. The Morgan fingerprint density at radius 1 is 1.19 bits per heavy atom. The summed E-state index contributed by atoms with van der Waals surface area (Å²) in [5.74, 6) is 1.19. The monoisotopic (exact) mass is 351 g/mol. The number of nitrogens with two attached hydrogens (primary N) is 1. The maximum atomic E-state index is 5.71. The van der Waals surface area contributed by atoms with Crippen LogP contribution in [0.5, 0.6) is 5.88 Å². The molecule has 138 valence electrons. The molecule has 1 aromatic carbocycles. The average molecular weight is 351 g/mol. The number of pyridine rings is 1. The van der Waals surface area contributed by atoms with Crippen LogP contribution in [-0.4, -0.2) is 23.6 Å². The Hall–Kier alpha value is -2.33. The van der Waals surface area contributed by atoms with Gasteiger partial charge in [0, 0.05) is 17.0 Å². The van der Waals surface area contributed by atoms with E-state index in [9.17, 15) is 0 Å². The Balaban J connectivity index is 2.12. The molecule has 3 rings (SSSR count). The van der Waals surface area contributed by atoms with Crippen LogP contribution in [0.4, 0.5) is 0 Å². The molecule has 0 fully saturated rings. The van der Waals surface area contributed by atoms with Crippen molar-refractivity contribution in [2.24, 2.45) is 5.73 Å². The maximum Gasteiger partial charge on any atom is 0.213 e. The molecule has 4 nitrogen and oxygen atoms in total. The average Bonchev–Trinajstić information content (AvgIpc) is 3.05. The third kappa shape index (κ3) is 3.75. The molecule has 26 heavy (non-hydrogen) atoms. The molecule has 1 atom stereocenters. The Kier molecular flexibility index (Phi) is 5.94. The number of aryl methyl sites for hydroxylation is 1. The second-order valence-corrected chi connectivity index (χ2v) is 6.90. The SMILES string of the molecule is CCC(C)c1ccc2[nH]c(-c3cccc(OC)n3)c(CCCCN)c2c1. The van der Waals surface area contributed by atoms with Crippen LogP contribution in [0.2, 0.25) is 0 Å². The lowest BCUT2D eigenvalue weighted by Gasteiger charge is -2.10. The fraction of sp³-hybridized carbons (Fsp3) is 0.409. The van der Waals surface area contributed by atoms with Crippen molar-refractivity contribution >= 4 is 10.9 Å². The van der Waals surface area contributed by atoms with Crippen molar-refractivity contribution in [1.82, 2.24) is 9.97 Å². The molecule has 0 aliphatic rings. The van der Waals surface area contributed by atoms with Gasteiger partial charge >= 0.3 is 0 Å². The molecule has 0 spiro atoms. The summed E-state index contributed by atoms with van der Waals surface area (Å²) in [5, 5.41) is 1.31. The van der Waals surface area contributed by atoms with Crippen LogP contribution >= 0.6 is 0 Å². The van der Waals surface area contributed by atoms with Crippen LogP contribution in [-0.2, 0) is 6.42 Å². The third-order valence-corrected chi connectivity index (χ3v) is 5.18. The van der Waals surface area contributed by atoms with Gasteiger partial charge in [0.2, 0.25) is 5.88 Å². The van der Waals surface area contributed by atoms with Gasteiger partial charge in [-0.3, -0.25) is 0 Å². The number of H-pyrrole nitrogens is 1. The quantitative estimate of drug-likeness (QED) is 0.559. The molecule has 3 N–H and O–H groups in total. The zero-order valence-electron chi connectivity index (χ0n) is 16.0. The van der Waals surface area contributed by atoms with Gasteiger partial charge in [-0.05, 0) is 67.5 Å². The predicted molar refractivity (Wildman–Crippen MR) is 109 cm³/mol. The molecule has 3 aromatic rings. The molecule has 0 aliphatic carbocycles. The van der Waals surface area contributed by atoms with Crippen molar-refractivity contribution in [3.8, 4) is 17.3 Å². The molecule has 2 heterocycles. The topological polar surface area (TPSA) is 63.9 Å². The molecule has 1 unspecified atom stereocenters. The summed E-state index contributed by atoms with van der Waals surface area (Å²) in [5.41, 5.74) is 11.6. The van der Waals surface area contributed by atoms with Crippen molar-refractivity contribution in [2.75, 3.05) is 13.7 Å². The Labute approximate surface area is 155 Å². The highest BCUT2D eigenvalue weighted by atomic mass is 16.5. The van der Waals surface area contributed by atoms with Crippen LogP contribution < -0.4 is 10.5 Å². The zero-order chi connectivity index (χ0) is 18.5. The van der Waals surface area contributed by atoms with E-state index in [-0.39, 0.29) is 0 Å². The summed E-state index contributed by atoms with van der Waals surface area (Å²) >= 11 is 0. The first kappa shape index (κ1) is 18.5.